The van der Waals surface area contributed by atoms with E-state index in [0.29, 0.717) is 5.56 Å². The van der Waals surface area contributed by atoms with E-state index in [9.17, 15) is 24.6 Å². The van der Waals surface area contributed by atoms with Gasteiger partial charge in [0.15, 0.2) is 0 Å². The first-order valence-corrected chi connectivity index (χ1v) is 8.22. The summed E-state index contributed by atoms with van der Waals surface area (Å²) in [7, 11) is 0. The molecule has 2 rings (SSSR count). The van der Waals surface area contributed by atoms with Crippen LogP contribution in [0.3, 0.4) is 0 Å². The summed E-state index contributed by atoms with van der Waals surface area (Å²) in [6.45, 7) is 1.43. The number of amides is 1. The quantitative estimate of drug-likeness (QED) is 0.363. The van der Waals surface area contributed by atoms with E-state index in [1.165, 1.54) is 13.1 Å². The maximum Gasteiger partial charge on any atom is 0.407 e. The summed E-state index contributed by atoms with van der Waals surface area (Å²) in [6.07, 6.45) is -1.23. The van der Waals surface area contributed by atoms with Crippen LogP contribution in [0.2, 0.25) is 0 Å². The molecule has 1 aliphatic heterocycles. The first-order valence-electron chi connectivity index (χ1n) is 8.22. The highest BCUT2D eigenvalue weighted by Crippen LogP contribution is 2.38. The van der Waals surface area contributed by atoms with Gasteiger partial charge < -0.3 is 30.7 Å². The van der Waals surface area contributed by atoms with E-state index in [1.807, 2.05) is 0 Å². The van der Waals surface area contributed by atoms with Crippen molar-refractivity contribution in [2.24, 2.45) is 5.73 Å². The van der Waals surface area contributed by atoms with Crippen LogP contribution in [-0.2, 0) is 9.47 Å². The molecule has 0 aromatic carbocycles. The zero-order valence-corrected chi connectivity index (χ0v) is 14.4. The predicted octanol–water partition coefficient (Wildman–Crippen LogP) is -2.07. The van der Waals surface area contributed by atoms with Gasteiger partial charge >= 0.3 is 11.8 Å². The molecule has 1 fully saturated rings. The Hall–Kier alpha value is -2.21. The summed E-state index contributed by atoms with van der Waals surface area (Å²) < 4.78 is 11.9. The van der Waals surface area contributed by atoms with Crippen molar-refractivity contribution in [3.8, 4) is 0 Å². The molecule has 1 aromatic heterocycles. The topological polar surface area (TPSA) is 169 Å². The molecular formula is C15H24N4O7. The monoisotopic (exact) mass is 372 g/mol. The summed E-state index contributed by atoms with van der Waals surface area (Å²) in [5.41, 5.74) is 3.00. The molecule has 2 heterocycles. The van der Waals surface area contributed by atoms with Gasteiger partial charge in [-0.2, -0.15) is 0 Å². The number of ether oxygens (including phenoxy) is 2. The van der Waals surface area contributed by atoms with Crippen molar-refractivity contribution < 1.29 is 24.5 Å². The molecule has 6 N–H and O–H groups in total. The number of hydrogen-bond donors (Lipinski definition) is 5. The largest absolute Gasteiger partial charge is 0.449 e. The highest BCUT2D eigenvalue weighted by Gasteiger charge is 2.48. The van der Waals surface area contributed by atoms with Crippen molar-refractivity contribution in [2.75, 3.05) is 26.3 Å². The highest BCUT2D eigenvalue weighted by molar-refractivity contribution is 5.67. The Morgan fingerprint density at radius 2 is 2.31 bits per heavy atom. The number of aromatic nitrogens is 2. The van der Waals surface area contributed by atoms with Crippen LogP contribution in [0.4, 0.5) is 4.79 Å². The van der Waals surface area contributed by atoms with Gasteiger partial charge in [-0.25, -0.2) is 9.59 Å². The number of aliphatic hydroxyl groups excluding tert-OH is 2. The summed E-state index contributed by atoms with van der Waals surface area (Å²) in [6, 6.07) is 0. The van der Waals surface area contributed by atoms with E-state index in [4.69, 9.17) is 15.2 Å². The van der Waals surface area contributed by atoms with Crippen LogP contribution in [0.5, 0.6) is 0 Å². The third kappa shape index (κ3) is 4.30. The molecule has 1 saturated heterocycles. The molecule has 1 amide bonds. The van der Waals surface area contributed by atoms with E-state index >= 15 is 0 Å². The number of nitrogens with two attached hydrogens (primary N) is 1. The van der Waals surface area contributed by atoms with E-state index in [-0.39, 0.29) is 32.5 Å². The van der Waals surface area contributed by atoms with Gasteiger partial charge in [0.25, 0.3) is 5.56 Å². The van der Waals surface area contributed by atoms with Gasteiger partial charge in [-0.05, 0) is 6.92 Å². The number of rotatable bonds is 7. The van der Waals surface area contributed by atoms with Crippen LogP contribution in [0, 0.1) is 6.92 Å². The fourth-order valence-electron chi connectivity index (χ4n) is 2.76. The standard InChI is InChI=1S/C15H24N4O7/c1-9-7-19(13(23)18-12(9)22)11-6-10(21)15(8-20,26-11)2-5-25-14(24)17-4-3-16/h7,10-11,20-21H,2-6,8,16H2,1H3,(H,17,24)(H,18,22,23)/t10?,11-,15-/m1/s1. The minimum atomic E-state index is -1.39. The molecule has 26 heavy (non-hydrogen) atoms. The van der Waals surface area contributed by atoms with Gasteiger partial charge in [0.1, 0.15) is 11.8 Å². The van der Waals surface area contributed by atoms with Crippen molar-refractivity contribution >= 4 is 6.09 Å². The van der Waals surface area contributed by atoms with Crippen LogP contribution in [0.15, 0.2) is 15.8 Å². The predicted molar refractivity (Wildman–Crippen MR) is 89.6 cm³/mol. The second kappa shape index (κ2) is 8.45. The van der Waals surface area contributed by atoms with Gasteiger partial charge in [-0.1, -0.05) is 0 Å². The summed E-state index contributed by atoms with van der Waals surface area (Å²) >= 11 is 0. The first-order chi connectivity index (χ1) is 12.3. The minimum absolute atomic E-state index is 0.0221. The third-order valence-electron chi connectivity index (χ3n) is 4.30. The lowest BCUT2D eigenvalue weighted by atomic mass is 9.94. The Kier molecular flexibility index (Phi) is 6.53. The van der Waals surface area contributed by atoms with E-state index in [2.05, 4.69) is 10.3 Å². The second-order valence-corrected chi connectivity index (χ2v) is 6.13. The number of carbonyl (C=O) groups excluding carboxylic acids is 1. The normalized spacial score (nSPS) is 25.2. The number of aliphatic hydroxyl groups is 2. The van der Waals surface area contributed by atoms with Crippen molar-refractivity contribution in [3.63, 3.8) is 0 Å². The van der Waals surface area contributed by atoms with Crippen LogP contribution < -0.4 is 22.3 Å². The Bertz CT molecular complexity index is 746. The third-order valence-corrected chi connectivity index (χ3v) is 4.30. The fraction of sp³-hybridized carbons (Fsp3) is 0.667. The van der Waals surface area contributed by atoms with Gasteiger partial charge in [-0.3, -0.25) is 14.3 Å². The summed E-state index contributed by atoms with van der Waals surface area (Å²) in [5.74, 6) is 0. The number of H-pyrrole nitrogens is 1. The number of alkyl carbamates (subject to hydrolysis) is 1. The molecule has 0 aliphatic carbocycles. The van der Waals surface area contributed by atoms with Gasteiger partial charge in [0, 0.05) is 37.7 Å². The number of nitrogens with zero attached hydrogens (tertiary/aromatic N) is 1. The Morgan fingerprint density at radius 3 is 2.96 bits per heavy atom. The average molecular weight is 372 g/mol. The van der Waals surface area contributed by atoms with E-state index in [1.54, 1.807) is 0 Å². The Balaban J connectivity index is 2.07. The number of nitrogens with one attached hydrogen (secondary N) is 2. The molecule has 11 nitrogen and oxygen atoms in total. The van der Waals surface area contributed by atoms with Gasteiger partial charge in [-0.15, -0.1) is 0 Å². The van der Waals surface area contributed by atoms with Gasteiger partial charge in [0.05, 0.1) is 19.3 Å². The second-order valence-electron chi connectivity index (χ2n) is 6.13. The average Bonchev–Trinajstić information content (AvgIpc) is 2.93. The van der Waals surface area contributed by atoms with Crippen molar-refractivity contribution in [2.45, 2.75) is 37.7 Å². The minimum Gasteiger partial charge on any atom is -0.449 e. The smallest absolute Gasteiger partial charge is 0.407 e. The van der Waals surface area contributed by atoms with Crippen LogP contribution in [0.25, 0.3) is 0 Å². The lowest BCUT2D eigenvalue weighted by molar-refractivity contribution is -0.137. The van der Waals surface area contributed by atoms with Crippen LogP contribution in [0.1, 0.15) is 24.6 Å². The van der Waals surface area contributed by atoms with Crippen LogP contribution >= 0.6 is 0 Å². The SMILES string of the molecule is Cc1cn([C@H]2CC(O)[C@](CO)(CCOC(=O)NCCN)O2)c(=O)[nH]c1=O. The maximum absolute atomic E-state index is 12.0. The lowest BCUT2D eigenvalue weighted by Crippen LogP contribution is -2.45. The molecule has 0 bridgehead atoms. The van der Waals surface area contributed by atoms with E-state index < -0.39 is 41.9 Å². The Morgan fingerprint density at radius 1 is 1.58 bits per heavy atom. The molecule has 11 heteroatoms. The number of carbonyl (C=O) groups is 1. The van der Waals surface area contributed by atoms with Crippen molar-refractivity contribution in [1.82, 2.24) is 14.9 Å². The molecule has 3 atom stereocenters. The van der Waals surface area contributed by atoms with Crippen LogP contribution in [-0.4, -0.2) is 63.9 Å². The Labute approximate surface area is 148 Å². The molecule has 1 aromatic rings. The molecule has 146 valence electrons. The molecule has 0 spiro atoms. The fourth-order valence-corrected chi connectivity index (χ4v) is 2.76. The first kappa shape index (κ1) is 20.1. The number of aromatic amines is 1. The molecule has 0 radical (unpaired) electrons. The lowest BCUT2D eigenvalue weighted by Gasteiger charge is -2.30. The molecule has 0 saturated carbocycles. The number of hydrogen-bond acceptors (Lipinski definition) is 8. The molecular weight excluding hydrogens is 348 g/mol. The maximum atomic E-state index is 12.0. The van der Waals surface area contributed by atoms with Crippen molar-refractivity contribution in [1.29, 1.82) is 0 Å². The molecule has 1 aliphatic rings. The number of aryl methyl sites for hydroxylation is 1. The zero-order valence-electron chi connectivity index (χ0n) is 14.4. The summed E-state index contributed by atoms with van der Waals surface area (Å²) in [4.78, 5) is 37.0. The van der Waals surface area contributed by atoms with Crippen molar-refractivity contribution in [3.05, 3.63) is 32.6 Å². The van der Waals surface area contributed by atoms with Gasteiger partial charge in [0.2, 0.25) is 0 Å². The zero-order chi connectivity index (χ0) is 19.3. The summed E-state index contributed by atoms with van der Waals surface area (Å²) in [5, 5.41) is 22.5. The van der Waals surface area contributed by atoms with E-state index in [0.717, 1.165) is 4.57 Å². The highest BCUT2D eigenvalue weighted by atomic mass is 16.6. The molecule has 1 unspecified atom stereocenters.